The van der Waals surface area contributed by atoms with Crippen molar-refractivity contribution in [2.45, 2.75) is 31.3 Å². The molecule has 8 nitrogen and oxygen atoms in total. The molecule has 0 radical (unpaired) electrons. The molecule has 3 aromatic carbocycles. The molecule has 37 heavy (non-hydrogen) atoms. The summed E-state index contributed by atoms with van der Waals surface area (Å²) in [5.41, 5.74) is 1.96. The number of carbonyl (C=O) groups excluding carboxylic acids is 2. The van der Waals surface area contributed by atoms with Crippen molar-refractivity contribution in [3.8, 4) is 5.75 Å². The highest BCUT2D eigenvalue weighted by atomic mass is 35.5. The van der Waals surface area contributed by atoms with Crippen molar-refractivity contribution in [1.29, 1.82) is 0 Å². The summed E-state index contributed by atoms with van der Waals surface area (Å²) in [5.74, 6) is -0.724. The van der Waals surface area contributed by atoms with Gasteiger partial charge in [-0.15, -0.1) is 0 Å². The van der Waals surface area contributed by atoms with E-state index in [0.717, 1.165) is 15.4 Å². The number of nitrogens with one attached hydrogen (secondary N) is 1. The first-order valence-electron chi connectivity index (χ1n) is 11.6. The van der Waals surface area contributed by atoms with Crippen LogP contribution in [-0.2, 0) is 26.2 Å². The van der Waals surface area contributed by atoms with Gasteiger partial charge in [0.1, 0.15) is 18.3 Å². The molecule has 3 rings (SSSR count). The minimum atomic E-state index is -4.22. The number of amides is 2. The highest BCUT2D eigenvalue weighted by molar-refractivity contribution is 7.92. The van der Waals surface area contributed by atoms with Gasteiger partial charge in [0.15, 0.2) is 0 Å². The van der Waals surface area contributed by atoms with E-state index in [4.69, 9.17) is 16.3 Å². The van der Waals surface area contributed by atoms with Gasteiger partial charge in [-0.25, -0.2) is 8.42 Å². The van der Waals surface area contributed by atoms with Gasteiger partial charge < -0.3 is 15.0 Å². The van der Waals surface area contributed by atoms with Gasteiger partial charge in [-0.3, -0.25) is 13.9 Å². The minimum absolute atomic E-state index is 0.00531. The molecule has 1 N–H and O–H groups in total. The predicted molar refractivity (Wildman–Crippen MR) is 144 cm³/mol. The van der Waals surface area contributed by atoms with E-state index in [2.05, 4.69) is 5.32 Å². The molecular weight excluding hydrogens is 514 g/mol. The SMILES string of the molecule is CNC(=O)C(C)N(Cc1ccc(C)cc1)C(=O)CN(c1cc(Cl)ccc1OC)S(=O)(=O)c1ccccc1. The van der Waals surface area contributed by atoms with Gasteiger partial charge in [0.05, 0.1) is 17.7 Å². The molecule has 3 aromatic rings. The average molecular weight is 544 g/mol. The van der Waals surface area contributed by atoms with Crippen LogP contribution in [0.3, 0.4) is 0 Å². The lowest BCUT2D eigenvalue weighted by Gasteiger charge is -2.32. The maximum Gasteiger partial charge on any atom is 0.264 e. The van der Waals surface area contributed by atoms with Gasteiger partial charge in [0.25, 0.3) is 10.0 Å². The molecule has 0 saturated heterocycles. The third-order valence-electron chi connectivity index (χ3n) is 5.91. The number of hydrogen-bond donors (Lipinski definition) is 1. The zero-order chi connectivity index (χ0) is 27.2. The van der Waals surface area contributed by atoms with Crippen LogP contribution in [0.5, 0.6) is 5.75 Å². The Morgan fingerprint density at radius 1 is 1.03 bits per heavy atom. The molecule has 196 valence electrons. The summed E-state index contributed by atoms with van der Waals surface area (Å²) in [6.07, 6.45) is 0. The second-order valence-electron chi connectivity index (χ2n) is 8.44. The van der Waals surface area contributed by atoms with Crippen LogP contribution in [0.2, 0.25) is 5.02 Å². The van der Waals surface area contributed by atoms with Crippen LogP contribution in [-0.4, -0.2) is 51.9 Å². The number of methoxy groups -OCH3 is 1. The summed E-state index contributed by atoms with van der Waals surface area (Å²) in [4.78, 5) is 27.7. The largest absolute Gasteiger partial charge is 0.495 e. The molecule has 0 aliphatic heterocycles. The highest BCUT2D eigenvalue weighted by Crippen LogP contribution is 2.35. The number of rotatable bonds is 10. The van der Waals surface area contributed by atoms with Crippen molar-refractivity contribution >= 4 is 39.1 Å². The Morgan fingerprint density at radius 3 is 2.27 bits per heavy atom. The van der Waals surface area contributed by atoms with Crippen molar-refractivity contribution in [2.75, 3.05) is 25.0 Å². The van der Waals surface area contributed by atoms with Crippen LogP contribution >= 0.6 is 11.6 Å². The smallest absolute Gasteiger partial charge is 0.264 e. The van der Waals surface area contributed by atoms with E-state index in [0.29, 0.717) is 0 Å². The van der Waals surface area contributed by atoms with Crippen LogP contribution < -0.4 is 14.4 Å². The van der Waals surface area contributed by atoms with E-state index in [9.17, 15) is 18.0 Å². The average Bonchev–Trinajstić information content (AvgIpc) is 2.90. The first-order valence-corrected chi connectivity index (χ1v) is 13.4. The number of likely N-dealkylation sites (N-methyl/N-ethyl adjacent to an activating group) is 1. The van der Waals surface area contributed by atoms with Crippen molar-refractivity contribution in [2.24, 2.45) is 0 Å². The maximum absolute atomic E-state index is 13.8. The van der Waals surface area contributed by atoms with Gasteiger partial charge in [-0.05, 0) is 49.7 Å². The lowest BCUT2D eigenvalue weighted by Crippen LogP contribution is -2.50. The number of anilines is 1. The molecule has 0 bridgehead atoms. The number of ether oxygens (including phenoxy) is 1. The Morgan fingerprint density at radius 2 is 1.68 bits per heavy atom. The Bertz CT molecular complexity index is 1350. The van der Waals surface area contributed by atoms with Crippen molar-refractivity contribution in [3.05, 3.63) is 88.9 Å². The number of halogens is 1. The molecule has 0 heterocycles. The van der Waals surface area contributed by atoms with Crippen molar-refractivity contribution < 1.29 is 22.7 Å². The Balaban J connectivity index is 2.09. The lowest BCUT2D eigenvalue weighted by atomic mass is 10.1. The zero-order valence-electron chi connectivity index (χ0n) is 21.1. The van der Waals surface area contributed by atoms with Crippen molar-refractivity contribution in [3.63, 3.8) is 0 Å². The van der Waals surface area contributed by atoms with Crippen LogP contribution in [0.1, 0.15) is 18.1 Å². The molecule has 0 saturated carbocycles. The molecule has 1 atom stereocenters. The molecule has 1 unspecified atom stereocenters. The molecule has 10 heteroatoms. The number of sulfonamides is 1. The van der Waals surface area contributed by atoms with Gasteiger partial charge in [0, 0.05) is 18.6 Å². The molecular formula is C27H30ClN3O5S. The van der Waals surface area contributed by atoms with E-state index in [1.807, 2.05) is 31.2 Å². The zero-order valence-corrected chi connectivity index (χ0v) is 22.7. The van der Waals surface area contributed by atoms with E-state index < -0.39 is 28.5 Å². The first kappa shape index (κ1) is 28.0. The number of aryl methyl sites for hydroxylation is 1. The fourth-order valence-electron chi connectivity index (χ4n) is 3.77. The summed E-state index contributed by atoms with van der Waals surface area (Å²) < 4.78 is 34.0. The number of carbonyl (C=O) groups is 2. The third kappa shape index (κ3) is 6.61. The summed E-state index contributed by atoms with van der Waals surface area (Å²) in [7, 11) is -1.33. The fraction of sp³-hybridized carbons (Fsp3) is 0.259. The van der Waals surface area contributed by atoms with Gasteiger partial charge in [-0.2, -0.15) is 0 Å². The predicted octanol–water partition coefficient (Wildman–Crippen LogP) is 4.02. The quantitative estimate of drug-likeness (QED) is 0.417. The highest BCUT2D eigenvalue weighted by Gasteiger charge is 2.33. The molecule has 0 spiro atoms. The topological polar surface area (TPSA) is 96.0 Å². The Hall–Kier alpha value is -3.56. The third-order valence-corrected chi connectivity index (χ3v) is 7.92. The molecule has 0 aliphatic rings. The lowest BCUT2D eigenvalue weighted by molar-refractivity contribution is -0.139. The van der Waals surface area contributed by atoms with Crippen LogP contribution in [0, 0.1) is 6.92 Å². The van der Waals surface area contributed by atoms with Crippen LogP contribution in [0.4, 0.5) is 5.69 Å². The summed E-state index contributed by atoms with van der Waals surface area (Å²) in [6, 6.07) is 19.0. The molecule has 2 amide bonds. The van der Waals surface area contributed by atoms with Gasteiger partial charge in [0.2, 0.25) is 11.8 Å². The standard InChI is InChI=1S/C27H30ClN3O5S/c1-19-10-12-21(13-11-19)17-30(20(2)27(33)29-3)26(32)18-31(24-16-22(28)14-15-25(24)36-4)37(34,35)23-8-6-5-7-9-23/h5-16,20H,17-18H2,1-4H3,(H,29,33). The molecule has 0 aromatic heterocycles. The Labute approximate surface area is 222 Å². The second-order valence-corrected chi connectivity index (χ2v) is 10.7. The van der Waals surface area contributed by atoms with E-state index in [-0.39, 0.29) is 33.8 Å². The minimum Gasteiger partial charge on any atom is -0.495 e. The van der Waals surface area contributed by atoms with Crippen LogP contribution in [0.15, 0.2) is 77.7 Å². The normalized spacial score (nSPS) is 11.9. The number of hydrogen-bond acceptors (Lipinski definition) is 5. The van der Waals surface area contributed by atoms with E-state index >= 15 is 0 Å². The Kier molecular flexibility index (Phi) is 9.18. The first-order chi connectivity index (χ1) is 17.6. The number of nitrogens with zero attached hydrogens (tertiary/aromatic N) is 2. The summed E-state index contributed by atoms with van der Waals surface area (Å²) >= 11 is 6.22. The molecule has 0 aliphatic carbocycles. The molecule has 0 fully saturated rings. The second kappa shape index (κ2) is 12.1. The summed E-state index contributed by atoms with van der Waals surface area (Å²) in [6.45, 7) is 3.08. The van der Waals surface area contributed by atoms with Crippen molar-refractivity contribution in [1.82, 2.24) is 10.2 Å². The number of benzene rings is 3. The monoisotopic (exact) mass is 543 g/mol. The summed E-state index contributed by atoms with van der Waals surface area (Å²) in [5, 5.41) is 2.83. The maximum atomic E-state index is 13.8. The van der Waals surface area contributed by atoms with E-state index in [1.165, 1.54) is 43.3 Å². The van der Waals surface area contributed by atoms with Crippen LogP contribution in [0.25, 0.3) is 0 Å². The fourth-order valence-corrected chi connectivity index (χ4v) is 5.38. The van der Waals surface area contributed by atoms with Gasteiger partial charge >= 0.3 is 0 Å². The van der Waals surface area contributed by atoms with E-state index in [1.54, 1.807) is 31.2 Å². The van der Waals surface area contributed by atoms with Gasteiger partial charge in [-0.1, -0.05) is 59.6 Å².